The van der Waals surface area contributed by atoms with Crippen LogP contribution in [0.1, 0.15) is 232 Å². The molecule has 1 atom stereocenters. The number of carbonyl (C=O) groups excluding carboxylic acids is 2. The fraction of sp³-hybridized carbons (Fsp3) is 0.830. The molecule has 5 nitrogen and oxygen atoms in total. The Kier molecular flexibility index (Phi) is 42.0. The maximum absolute atomic E-state index is 12.2. The topological polar surface area (TPSA) is 72.8 Å². The van der Waals surface area contributed by atoms with Crippen LogP contribution in [0.4, 0.5) is 0 Å². The summed E-state index contributed by atoms with van der Waals surface area (Å²) >= 11 is 0. The van der Waals surface area contributed by atoms with E-state index in [0.717, 1.165) is 44.9 Å². The Morgan fingerprint density at radius 2 is 0.769 bits per heavy atom. The van der Waals surface area contributed by atoms with E-state index in [9.17, 15) is 14.7 Å². The zero-order valence-corrected chi connectivity index (χ0v) is 34.6. The van der Waals surface area contributed by atoms with E-state index in [4.69, 9.17) is 9.47 Å². The second-order valence-corrected chi connectivity index (χ2v) is 15.1. The van der Waals surface area contributed by atoms with E-state index in [1.165, 1.54) is 161 Å². The van der Waals surface area contributed by atoms with Crippen LogP contribution in [0.5, 0.6) is 0 Å². The van der Waals surface area contributed by atoms with Gasteiger partial charge in [-0.3, -0.25) is 9.59 Å². The molecule has 0 amide bonds. The molecular formula is C47H86O5. The SMILES string of the molecule is CCCCC/C=C\C/C=C\CCCCCCCCCCCC(=O)OC[C@H](CO)OC(=O)CCCCCCCCCCC/C=C\CCCCCCCC. The summed E-state index contributed by atoms with van der Waals surface area (Å²) in [6, 6.07) is 0. The average molecular weight is 731 g/mol. The van der Waals surface area contributed by atoms with Gasteiger partial charge < -0.3 is 14.6 Å². The summed E-state index contributed by atoms with van der Waals surface area (Å²) in [6.07, 6.45) is 53.5. The summed E-state index contributed by atoms with van der Waals surface area (Å²) in [5.41, 5.74) is 0. The summed E-state index contributed by atoms with van der Waals surface area (Å²) in [6.45, 7) is 4.12. The standard InChI is InChI=1S/C47H86O5/c1-3-5-7-9-11-13-15-17-19-21-23-25-27-29-31-33-35-37-39-41-46(49)51-44-45(43-48)52-47(50)42-40-38-36-34-32-30-28-26-24-22-20-18-16-14-12-10-8-6-4-2/h11,13,17-20,45,48H,3-10,12,14-16,21-44H2,1-2H3/b13-11-,19-17-,20-18-/t45-/m0/s1. The summed E-state index contributed by atoms with van der Waals surface area (Å²) in [4.78, 5) is 24.4. The van der Waals surface area contributed by atoms with Crippen molar-refractivity contribution in [3.05, 3.63) is 36.5 Å². The Balaban J connectivity index is 3.52. The highest BCUT2D eigenvalue weighted by atomic mass is 16.6. The minimum Gasteiger partial charge on any atom is -0.462 e. The highest BCUT2D eigenvalue weighted by Crippen LogP contribution is 2.14. The molecule has 0 spiro atoms. The van der Waals surface area contributed by atoms with Gasteiger partial charge in [0.1, 0.15) is 6.61 Å². The van der Waals surface area contributed by atoms with Crippen LogP contribution >= 0.6 is 0 Å². The van der Waals surface area contributed by atoms with Gasteiger partial charge in [-0.2, -0.15) is 0 Å². The Morgan fingerprint density at radius 3 is 1.19 bits per heavy atom. The molecule has 0 heterocycles. The lowest BCUT2D eigenvalue weighted by Crippen LogP contribution is -2.28. The van der Waals surface area contributed by atoms with Crippen LogP contribution in [0, 0.1) is 0 Å². The van der Waals surface area contributed by atoms with Crippen molar-refractivity contribution < 1.29 is 24.2 Å². The number of carbonyl (C=O) groups is 2. The van der Waals surface area contributed by atoms with Gasteiger partial charge in [-0.15, -0.1) is 0 Å². The maximum atomic E-state index is 12.2. The Labute approximate surface area is 323 Å². The van der Waals surface area contributed by atoms with Gasteiger partial charge in [-0.05, 0) is 70.6 Å². The molecule has 52 heavy (non-hydrogen) atoms. The molecule has 0 bridgehead atoms. The van der Waals surface area contributed by atoms with Crippen LogP contribution in [0.3, 0.4) is 0 Å². The summed E-state index contributed by atoms with van der Waals surface area (Å²) < 4.78 is 10.6. The van der Waals surface area contributed by atoms with E-state index in [-0.39, 0.29) is 25.2 Å². The molecule has 0 aromatic heterocycles. The number of hydrogen-bond donors (Lipinski definition) is 1. The third kappa shape index (κ3) is 40.9. The number of aliphatic hydroxyl groups excluding tert-OH is 1. The second kappa shape index (κ2) is 43.5. The molecule has 0 saturated carbocycles. The van der Waals surface area contributed by atoms with Crippen LogP contribution in [-0.2, 0) is 19.1 Å². The normalized spacial score (nSPS) is 12.4. The molecule has 0 fully saturated rings. The van der Waals surface area contributed by atoms with Gasteiger partial charge in [-0.25, -0.2) is 0 Å². The van der Waals surface area contributed by atoms with Crippen LogP contribution in [0.15, 0.2) is 36.5 Å². The lowest BCUT2D eigenvalue weighted by Gasteiger charge is -2.15. The number of esters is 2. The van der Waals surface area contributed by atoms with Crippen molar-refractivity contribution in [1.29, 1.82) is 0 Å². The molecule has 0 rings (SSSR count). The highest BCUT2D eigenvalue weighted by Gasteiger charge is 2.16. The van der Waals surface area contributed by atoms with Crippen LogP contribution in [0.2, 0.25) is 0 Å². The van der Waals surface area contributed by atoms with Gasteiger partial charge in [-0.1, -0.05) is 185 Å². The Hall–Kier alpha value is -1.88. The smallest absolute Gasteiger partial charge is 0.306 e. The zero-order valence-electron chi connectivity index (χ0n) is 34.6. The summed E-state index contributed by atoms with van der Waals surface area (Å²) in [5, 5.41) is 9.59. The Bertz CT molecular complexity index is 832. The fourth-order valence-electron chi connectivity index (χ4n) is 6.46. The lowest BCUT2D eigenvalue weighted by atomic mass is 10.1. The minimum absolute atomic E-state index is 0.0669. The number of unbranched alkanes of at least 4 members (excludes halogenated alkanes) is 27. The molecule has 5 heteroatoms. The molecule has 0 aliphatic carbocycles. The first-order valence-electron chi connectivity index (χ1n) is 22.5. The average Bonchev–Trinajstić information content (AvgIpc) is 3.15. The molecule has 1 N–H and O–H groups in total. The van der Waals surface area contributed by atoms with Gasteiger partial charge in [0, 0.05) is 12.8 Å². The van der Waals surface area contributed by atoms with Crippen molar-refractivity contribution in [3.63, 3.8) is 0 Å². The quantitative estimate of drug-likeness (QED) is 0.0385. The van der Waals surface area contributed by atoms with Gasteiger partial charge in [0.25, 0.3) is 0 Å². The van der Waals surface area contributed by atoms with Gasteiger partial charge >= 0.3 is 11.9 Å². The van der Waals surface area contributed by atoms with Crippen molar-refractivity contribution in [2.24, 2.45) is 0 Å². The van der Waals surface area contributed by atoms with Gasteiger partial charge in [0.2, 0.25) is 0 Å². The monoisotopic (exact) mass is 731 g/mol. The highest BCUT2D eigenvalue weighted by molar-refractivity contribution is 5.70. The molecular weight excluding hydrogens is 645 g/mol. The summed E-state index contributed by atoms with van der Waals surface area (Å²) in [5.74, 6) is -0.591. The van der Waals surface area contributed by atoms with E-state index in [1.54, 1.807) is 0 Å². The van der Waals surface area contributed by atoms with Crippen LogP contribution < -0.4 is 0 Å². The first-order valence-corrected chi connectivity index (χ1v) is 22.5. The maximum Gasteiger partial charge on any atom is 0.306 e. The molecule has 0 radical (unpaired) electrons. The molecule has 0 saturated heterocycles. The van der Waals surface area contributed by atoms with Crippen LogP contribution in [0.25, 0.3) is 0 Å². The van der Waals surface area contributed by atoms with E-state index in [1.807, 2.05) is 0 Å². The molecule has 0 aliphatic rings. The minimum atomic E-state index is -0.773. The Morgan fingerprint density at radius 1 is 0.442 bits per heavy atom. The first kappa shape index (κ1) is 50.1. The van der Waals surface area contributed by atoms with E-state index < -0.39 is 6.10 Å². The number of hydrogen-bond acceptors (Lipinski definition) is 5. The number of ether oxygens (including phenoxy) is 2. The van der Waals surface area contributed by atoms with Gasteiger partial charge in [0.05, 0.1) is 6.61 Å². The van der Waals surface area contributed by atoms with E-state index in [2.05, 4.69) is 50.3 Å². The van der Waals surface area contributed by atoms with Crippen LogP contribution in [-0.4, -0.2) is 36.4 Å². The fourth-order valence-corrected chi connectivity index (χ4v) is 6.46. The van der Waals surface area contributed by atoms with E-state index >= 15 is 0 Å². The zero-order chi connectivity index (χ0) is 37.8. The van der Waals surface area contributed by atoms with Crippen molar-refractivity contribution in [3.8, 4) is 0 Å². The molecule has 304 valence electrons. The molecule has 0 aromatic carbocycles. The van der Waals surface area contributed by atoms with Crippen molar-refractivity contribution in [2.75, 3.05) is 13.2 Å². The van der Waals surface area contributed by atoms with Crippen molar-refractivity contribution >= 4 is 11.9 Å². The summed E-state index contributed by atoms with van der Waals surface area (Å²) in [7, 11) is 0. The lowest BCUT2D eigenvalue weighted by molar-refractivity contribution is -0.161. The number of allylic oxidation sites excluding steroid dienone is 6. The second-order valence-electron chi connectivity index (χ2n) is 15.1. The third-order valence-corrected chi connectivity index (χ3v) is 9.91. The molecule has 0 unspecified atom stereocenters. The third-order valence-electron chi connectivity index (χ3n) is 9.91. The first-order chi connectivity index (χ1) is 25.6. The number of aliphatic hydroxyl groups is 1. The molecule has 0 aromatic rings. The van der Waals surface area contributed by atoms with E-state index in [0.29, 0.717) is 12.8 Å². The number of rotatable bonds is 41. The molecule has 0 aliphatic heterocycles. The predicted molar refractivity (Wildman–Crippen MR) is 224 cm³/mol. The van der Waals surface area contributed by atoms with Gasteiger partial charge in [0.15, 0.2) is 6.10 Å². The van der Waals surface area contributed by atoms with Crippen molar-refractivity contribution in [2.45, 2.75) is 238 Å². The largest absolute Gasteiger partial charge is 0.462 e. The predicted octanol–water partition coefficient (Wildman–Crippen LogP) is 14.4. The van der Waals surface area contributed by atoms with Crippen molar-refractivity contribution in [1.82, 2.24) is 0 Å².